The van der Waals surface area contributed by atoms with Gasteiger partial charge in [0.05, 0.1) is 0 Å². The Bertz CT molecular complexity index is 278. The van der Waals surface area contributed by atoms with Crippen molar-refractivity contribution in [2.45, 2.75) is 58.9 Å². The summed E-state index contributed by atoms with van der Waals surface area (Å²) in [6, 6.07) is 0.685. The summed E-state index contributed by atoms with van der Waals surface area (Å²) in [5, 5.41) is 4.85. The number of hydrogen-bond acceptors (Lipinski definition) is 3. The Morgan fingerprint density at radius 2 is 2.00 bits per heavy atom. The molecule has 1 aliphatic heterocycles. The second kappa shape index (κ2) is 5.64. The summed E-state index contributed by atoms with van der Waals surface area (Å²) in [4.78, 5) is 4.68. The molecule has 0 saturated heterocycles. The molecule has 0 radical (unpaired) electrons. The van der Waals surface area contributed by atoms with E-state index in [0.717, 1.165) is 12.5 Å². The van der Waals surface area contributed by atoms with Crippen LogP contribution < -0.4 is 5.32 Å². The minimum absolute atomic E-state index is 0.385. The van der Waals surface area contributed by atoms with Gasteiger partial charge in [-0.05, 0) is 37.0 Å². The van der Waals surface area contributed by atoms with Crippen LogP contribution in [0.5, 0.6) is 0 Å². The first-order valence-corrected chi connectivity index (χ1v) is 8.01. The topological polar surface area (TPSA) is 24.4 Å². The summed E-state index contributed by atoms with van der Waals surface area (Å²) in [6.07, 6.45) is 6.83. The molecule has 0 aromatic heterocycles. The van der Waals surface area contributed by atoms with Crippen LogP contribution in [0.15, 0.2) is 4.99 Å². The molecule has 1 saturated carbocycles. The van der Waals surface area contributed by atoms with E-state index in [0.29, 0.717) is 11.5 Å². The van der Waals surface area contributed by atoms with Crippen LogP contribution in [0, 0.1) is 11.3 Å². The lowest BCUT2D eigenvalue weighted by atomic mass is 9.85. The van der Waals surface area contributed by atoms with Gasteiger partial charge < -0.3 is 5.32 Å². The summed E-state index contributed by atoms with van der Waals surface area (Å²) in [5.74, 6) is 2.18. The van der Waals surface area contributed by atoms with E-state index in [1.54, 1.807) is 0 Å². The highest BCUT2D eigenvalue weighted by Crippen LogP contribution is 2.30. The van der Waals surface area contributed by atoms with Crippen LogP contribution in [0.4, 0.5) is 0 Å². The van der Waals surface area contributed by atoms with Crippen LogP contribution in [-0.4, -0.2) is 23.5 Å². The average Bonchev–Trinajstić information content (AvgIpc) is 2.33. The smallest absolute Gasteiger partial charge is 0.156 e. The standard InChI is InChI=1S/C14H26N2S/c1-4-11-5-7-12(8-6-11)16-13-15-9-14(2,3)10-17-13/h11-12H,4-10H2,1-3H3,(H,15,16). The quantitative estimate of drug-likeness (QED) is 0.813. The van der Waals surface area contributed by atoms with E-state index in [1.165, 1.54) is 43.0 Å². The lowest BCUT2D eigenvalue weighted by Gasteiger charge is -2.32. The van der Waals surface area contributed by atoms with Crippen LogP contribution in [0.1, 0.15) is 52.9 Å². The summed E-state index contributed by atoms with van der Waals surface area (Å²) in [6.45, 7) is 7.90. The van der Waals surface area contributed by atoms with Gasteiger partial charge in [0.1, 0.15) is 0 Å². The zero-order valence-electron chi connectivity index (χ0n) is 11.5. The fourth-order valence-electron chi connectivity index (χ4n) is 2.62. The Kier molecular flexibility index (Phi) is 4.40. The average molecular weight is 254 g/mol. The van der Waals surface area contributed by atoms with Gasteiger partial charge in [-0.25, -0.2) is 0 Å². The lowest BCUT2D eigenvalue weighted by Crippen LogP contribution is -2.39. The predicted molar refractivity (Wildman–Crippen MR) is 77.7 cm³/mol. The highest BCUT2D eigenvalue weighted by molar-refractivity contribution is 8.13. The molecular weight excluding hydrogens is 228 g/mol. The molecule has 17 heavy (non-hydrogen) atoms. The van der Waals surface area contributed by atoms with Gasteiger partial charge in [-0.1, -0.05) is 39.0 Å². The molecule has 1 N–H and O–H groups in total. The molecule has 0 bridgehead atoms. The number of hydrogen-bond donors (Lipinski definition) is 1. The normalized spacial score (nSPS) is 33.0. The van der Waals surface area contributed by atoms with Crippen molar-refractivity contribution in [2.24, 2.45) is 16.3 Å². The maximum absolute atomic E-state index is 4.68. The number of thioether (sulfide) groups is 1. The Balaban J connectivity index is 1.77. The number of nitrogens with one attached hydrogen (secondary N) is 1. The van der Waals surface area contributed by atoms with Gasteiger partial charge in [0.2, 0.25) is 0 Å². The van der Waals surface area contributed by atoms with Crippen LogP contribution in [0.3, 0.4) is 0 Å². The summed E-state index contributed by atoms with van der Waals surface area (Å²) >= 11 is 1.91. The molecule has 0 unspecified atom stereocenters. The maximum Gasteiger partial charge on any atom is 0.156 e. The lowest BCUT2D eigenvalue weighted by molar-refractivity contribution is 0.305. The fraction of sp³-hybridized carbons (Fsp3) is 0.929. The van der Waals surface area contributed by atoms with Gasteiger partial charge in [-0.2, -0.15) is 0 Å². The van der Waals surface area contributed by atoms with Gasteiger partial charge in [-0.15, -0.1) is 0 Å². The molecule has 3 heteroatoms. The second-order valence-corrected chi connectivity index (χ2v) is 7.31. The van der Waals surface area contributed by atoms with Crippen molar-refractivity contribution in [3.63, 3.8) is 0 Å². The van der Waals surface area contributed by atoms with Crippen LogP contribution in [-0.2, 0) is 0 Å². The molecule has 0 aromatic rings. The molecule has 0 aromatic carbocycles. The third-order valence-corrected chi connectivity index (χ3v) is 5.45. The molecule has 1 heterocycles. The monoisotopic (exact) mass is 254 g/mol. The first-order valence-electron chi connectivity index (χ1n) is 7.03. The highest BCUT2D eigenvalue weighted by atomic mass is 32.2. The number of rotatable bonds is 2. The number of nitrogens with zero attached hydrogens (tertiary/aromatic N) is 1. The maximum atomic E-state index is 4.68. The third kappa shape index (κ3) is 3.90. The van der Waals surface area contributed by atoms with Crippen molar-refractivity contribution in [1.29, 1.82) is 0 Å². The molecule has 1 aliphatic carbocycles. The minimum atomic E-state index is 0.385. The summed E-state index contributed by atoms with van der Waals surface area (Å²) < 4.78 is 0. The number of aliphatic imine (C=N–C) groups is 1. The van der Waals surface area contributed by atoms with Crippen LogP contribution >= 0.6 is 11.8 Å². The molecule has 2 rings (SSSR count). The molecule has 1 fully saturated rings. The Hall–Kier alpha value is -0.180. The van der Waals surface area contributed by atoms with Crippen LogP contribution in [0.25, 0.3) is 0 Å². The van der Waals surface area contributed by atoms with Crippen molar-refractivity contribution in [2.75, 3.05) is 12.3 Å². The van der Waals surface area contributed by atoms with Crippen molar-refractivity contribution in [3.05, 3.63) is 0 Å². The van der Waals surface area contributed by atoms with Crippen molar-refractivity contribution < 1.29 is 0 Å². The first kappa shape index (κ1) is 13.3. The summed E-state index contributed by atoms with van der Waals surface area (Å²) in [5.41, 5.74) is 0.385. The Labute approximate surface area is 110 Å². The minimum Gasteiger partial charge on any atom is -0.362 e. The SMILES string of the molecule is CCC1CCC(NC2=NCC(C)(C)CS2)CC1. The highest BCUT2D eigenvalue weighted by Gasteiger charge is 2.26. The Morgan fingerprint density at radius 3 is 2.53 bits per heavy atom. The molecule has 0 amide bonds. The van der Waals surface area contributed by atoms with E-state index in [9.17, 15) is 0 Å². The van der Waals surface area contributed by atoms with Gasteiger partial charge in [0, 0.05) is 18.3 Å². The second-order valence-electron chi connectivity index (χ2n) is 6.34. The van der Waals surface area contributed by atoms with Crippen molar-refractivity contribution >= 4 is 16.9 Å². The van der Waals surface area contributed by atoms with E-state index in [1.807, 2.05) is 11.8 Å². The molecule has 2 aliphatic rings. The van der Waals surface area contributed by atoms with Crippen LogP contribution in [0.2, 0.25) is 0 Å². The van der Waals surface area contributed by atoms with Gasteiger partial charge in [-0.3, -0.25) is 4.99 Å². The van der Waals surface area contributed by atoms with E-state index in [-0.39, 0.29) is 0 Å². The Morgan fingerprint density at radius 1 is 1.29 bits per heavy atom. The van der Waals surface area contributed by atoms with Crippen molar-refractivity contribution in [3.8, 4) is 0 Å². The predicted octanol–water partition coefficient (Wildman–Crippen LogP) is 3.67. The molecule has 98 valence electrons. The van der Waals surface area contributed by atoms with Crippen molar-refractivity contribution in [1.82, 2.24) is 5.32 Å². The van der Waals surface area contributed by atoms with E-state index in [4.69, 9.17) is 0 Å². The largest absolute Gasteiger partial charge is 0.362 e. The third-order valence-electron chi connectivity index (χ3n) is 4.00. The molecule has 2 nitrogen and oxygen atoms in total. The zero-order chi connectivity index (χ0) is 12.3. The summed E-state index contributed by atoms with van der Waals surface area (Å²) in [7, 11) is 0. The van der Waals surface area contributed by atoms with E-state index >= 15 is 0 Å². The van der Waals surface area contributed by atoms with Gasteiger partial charge >= 0.3 is 0 Å². The fourth-order valence-corrected chi connectivity index (χ4v) is 3.64. The molecular formula is C14H26N2S. The molecule has 0 spiro atoms. The first-order chi connectivity index (χ1) is 8.09. The van der Waals surface area contributed by atoms with Gasteiger partial charge in [0.15, 0.2) is 5.17 Å². The number of amidine groups is 1. The van der Waals surface area contributed by atoms with Gasteiger partial charge in [0.25, 0.3) is 0 Å². The van der Waals surface area contributed by atoms with E-state index < -0.39 is 0 Å². The zero-order valence-corrected chi connectivity index (χ0v) is 12.3. The van der Waals surface area contributed by atoms with E-state index in [2.05, 4.69) is 31.1 Å². The molecule has 0 atom stereocenters.